The van der Waals surface area contributed by atoms with Crippen LogP contribution in [-0.2, 0) is 15.3 Å². The Morgan fingerprint density at radius 2 is 1.83 bits per heavy atom. The van der Waals surface area contributed by atoms with Crippen LogP contribution in [0.4, 0.5) is 0 Å². The van der Waals surface area contributed by atoms with E-state index in [4.69, 9.17) is 25.8 Å². The molecule has 1 saturated heterocycles. The summed E-state index contributed by atoms with van der Waals surface area (Å²) in [5.41, 5.74) is 1.05. The second-order valence-electron chi connectivity index (χ2n) is 4.32. The van der Waals surface area contributed by atoms with Gasteiger partial charge in [-0.05, 0) is 37.1 Å². The number of halogens is 1. The summed E-state index contributed by atoms with van der Waals surface area (Å²) in [5, 5.41) is 0. The van der Waals surface area contributed by atoms with E-state index in [0.29, 0.717) is 19.1 Å². The number of alkyl halides is 1. The number of unbranched alkanes of at least 4 members (excludes halogenated alkanes) is 1. The summed E-state index contributed by atoms with van der Waals surface area (Å²) in [6, 6.07) is 7.88. The van der Waals surface area contributed by atoms with Gasteiger partial charge in [-0.3, -0.25) is 0 Å². The van der Waals surface area contributed by atoms with Crippen LogP contribution in [-0.4, -0.2) is 26.2 Å². The largest absolute Gasteiger partial charge is 0.497 e. The number of hydrogen-bond donors (Lipinski definition) is 0. The minimum absolute atomic E-state index is 0.585. The summed E-state index contributed by atoms with van der Waals surface area (Å²) in [5.74, 6) is 0.935. The summed E-state index contributed by atoms with van der Waals surface area (Å²) in [4.78, 5) is 0. The highest BCUT2D eigenvalue weighted by Crippen LogP contribution is 2.37. The van der Waals surface area contributed by atoms with Crippen LogP contribution in [0.5, 0.6) is 5.75 Å². The Balaban J connectivity index is 2.12. The Hall–Kier alpha value is -0.770. The highest BCUT2D eigenvalue weighted by atomic mass is 35.5. The maximum atomic E-state index is 5.84. The zero-order valence-electron chi connectivity index (χ0n) is 10.7. The molecule has 1 fully saturated rings. The molecule has 0 amide bonds. The van der Waals surface area contributed by atoms with Crippen molar-refractivity contribution in [3.8, 4) is 5.75 Å². The molecule has 3 nitrogen and oxygen atoms in total. The van der Waals surface area contributed by atoms with Gasteiger partial charge in [0.15, 0.2) is 5.79 Å². The van der Waals surface area contributed by atoms with Crippen molar-refractivity contribution in [3.05, 3.63) is 29.8 Å². The Bertz CT molecular complexity index is 358. The number of rotatable bonds is 6. The van der Waals surface area contributed by atoms with Crippen LogP contribution in [0.25, 0.3) is 0 Å². The van der Waals surface area contributed by atoms with Crippen molar-refractivity contribution in [1.29, 1.82) is 0 Å². The standard InChI is InChI=1S/C14H19ClO3/c1-16-13-6-4-12(5-7-13)14(8-2-3-9-15)17-10-11-18-14/h4-7H,2-3,8-11H2,1H3. The van der Waals surface area contributed by atoms with Crippen molar-refractivity contribution in [2.75, 3.05) is 26.2 Å². The fraction of sp³-hybridized carbons (Fsp3) is 0.571. The molecule has 0 bridgehead atoms. The molecule has 0 spiro atoms. The summed E-state index contributed by atoms with van der Waals surface area (Å²) in [7, 11) is 1.66. The number of methoxy groups -OCH3 is 1. The first-order valence-electron chi connectivity index (χ1n) is 6.29. The lowest BCUT2D eigenvalue weighted by Crippen LogP contribution is -2.27. The van der Waals surface area contributed by atoms with Crippen molar-refractivity contribution >= 4 is 11.6 Å². The molecule has 1 heterocycles. The molecule has 0 N–H and O–H groups in total. The monoisotopic (exact) mass is 270 g/mol. The van der Waals surface area contributed by atoms with Crippen LogP contribution in [0.1, 0.15) is 24.8 Å². The number of hydrogen-bond acceptors (Lipinski definition) is 3. The predicted octanol–water partition coefficient (Wildman–Crippen LogP) is 3.30. The van der Waals surface area contributed by atoms with E-state index in [0.717, 1.165) is 30.6 Å². The van der Waals surface area contributed by atoms with E-state index in [2.05, 4.69) is 0 Å². The molecule has 4 heteroatoms. The number of ether oxygens (including phenoxy) is 3. The molecule has 0 aliphatic carbocycles. The van der Waals surface area contributed by atoms with Gasteiger partial charge in [-0.15, -0.1) is 11.6 Å². The van der Waals surface area contributed by atoms with E-state index < -0.39 is 5.79 Å². The molecule has 0 aromatic heterocycles. The lowest BCUT2D eigenvalue weighted by atomic mass is 9.99. The lowest BCUT2D eigenvalue weighted by molar-refractivity contribution is -0.171. The first-order valence-corrected chi connectivity index (χ1v) is 6.82. The van der Waals surface area contributed by atoms with Crippen LogP contribution in [0, 0.1) is 0 Å². The Kier molecular flexibility index (Phi) is 4.87. The van der Waals surface area contributed by atoms with E-state index in [1.807, 2.05) is 24.3 Å². The van der Waals surface area contributed by atoms with Gasteiger partial charge in [-0.2, -0.15) is 0 Å². The molecular weight excluding hydrogens is 252 g/mol. The van der Waals surface area contributed by atoms with Crippen molar-refractivity contribution in [3.63, 3.8) is 0 Å². The van der Waals surface area contributed by atoms with E-state index in [1.165, 1.54) is 0 Å². The van der Waals surface area contributed by atoms with Gasteiger partial charge in [0.2, 0.25) is 0 Å². The highest BCUT2D eigenvalue weighted by molar-refractivity contribution is 6.17. The Morgan fingerprint density at radius 3 is 2.39 bits per heavy atom. The van der Waals surface area contributed by atoms with E-state index in [9.17, 15) is 0 Å². The molecule has 18 heavy (non-hydrogen) atoms. The van der Waals surface area contributed by atoms with Gasteiger partial charge in [-0.1, -0.05) is 0 Å². The van der Waals surface area contributed by atoms with Crippen LogP contribution in [0.2, 0.25) is 0 Å². The third-order valence-corrected chi connectivity index (χ3v) is 3.44. The zero-order valence-corrected chi connectivity index (χ0v) is 11.4. The normalized spacial score (nSPS) is 17.9. The molecule has 0 radical (unpaired) electrons. The fourth-order valence-corrected chi connectivity index (χ4v) is 2.40. The van der Waals surface area contributed by atoms with E-state index in [-0.39, 0.29) is 0 Å². The second-order valence-corrected chi connectivity index (χ2v) is 4.70. The number of benzene rings is 1. The lowest BCUT2D eigenvalue weighted by Gasteiger charge is -2.28. The van der Waals surface area contributed by atoms with Gasteiger partial charge in [-0.25, -0.2) is 0 Å². The SMILES string of the molecule is COc1ccc(C2(CCCCCl)OCCO2)cc1. The maximum Gasteiger partial charge on any atom is 0.194 e. The highest BCUT2D eigenvalue weighted by Gasteiger charge is 2.37. The Morgan fingerprint density at radius 1 is 1.17 bits per heavy atom. The summed E-state index contributed by atoms with van der Waals surface area (Å²) >= 11 is 5.72. The zero-order chi connectivity index (χ0) is 12.8. The fourth-order valence-electron chi connectivity index (χ4n) is 2.21. The van der Waals surface area contributed by atoms with Crippen molar-refractivity contribution in [1.82, 2.24) is 0 Å². The quantitative estimate of drug-likeness (QED) is 0.586. The van der Waals surface area contributed by atoms with Crippen molar-refractivity contribution < 1.29 is 14.2 Å². The van der Waals surface area contributed by atoms with E-state index >= 15 is 0 Å². The van der Waals surface area contributed by atoms with Gasteiger partial charge < -0.3 is 14.2 Å². The van der Waals surface area contributed by atoms with Crippen LogP contribution < -0.4 is 4.74 Å². The van der Waals surface area contributed by atoms with Gasteiger partial charge in [0.25, 0.3) is 0 Å². The molecule has 1 aliphatic rings. The van der Waals surface area contributed by atoms with Gasteiger partial charge in [0, 0.05) is 17.9 Å². The van der Waals surface area contributed by atoms with Crippen molar-refractivity contribution in [2.45, 2.75) is 25.0 Å². The van der Waals surface area contributed by atoms with E-state index in [1.54, 1.807) is 7.11 Å². The van der Waals surface area contributed by atoms with Crippen LogP contribution in [0.15, 0.2) is 24.3 Å². The molecule has 1 aliphatic heterocycles. The molecule has 2 rings (SSSR count). The first kappa shape index (κ1) is 13.7. The third-order valence-electron chi connectivity index (χ3n) is 3.17. The van der Waals surface area contributed by atoms with Crippen LogP contribution in [0.3, 0.4) is 0 Å². The molecular formula is C14H19ClO3. The molecule has 1 aromatic carbocycles. The summed E-state index contributed by atoms with van der Waals surface area (Å²) in [6.45, 7) is 1.29. The smallest absolute Gasteiger partial charge is 0.194 e. The maximum absolute atomic E-state index is 5.84. The molecule has 100 valence electrons. The average Bonchev–Trinajstić information content (AvgIpc) is 2.89. The minimum Gasteiger partial charge on any atom is -0.497 e. The third kappa shape index (κ3) is 2.97. The average molecular weight is 271 g/mol. The van der Waals surface area contributed by atoms with Gasteiger partial charge in [0.1, 0.15) is 5.75 Å². The molecule has 0 saturated carbocycles. The molecule has 1 aromatic rings. The Labute approximate surface area is 113 Å². The summed E-state index contributed by atoms with van der Waals surface area (Å²) < 4.78 is 16.8. The van der Waals surface area contributed by atoms with Crippen LogP contribution >= 0.6 is 11.6 Å². The second kappa shape index (κ2) is 6.41. The molecule has 0 unspecified atom stereocenters. The summed E-state index contributed by atoms with van der Waals surface area (Å²) in [6.07, 6.45) is 2.81. The predicted molar refractivity (Wildman–Crippen MR) is 71.1 cm³/mol. The topological polar surface area (TPSA) is 27.7 Å². The minimum atomic E-state index is -0.585. The van der Waals surface area contributed by atoms with Gasteiger partial charge in [0.05, 0.1) is 20.3 Å². The van der Waals surface area contributed by atoms with Gasteiger partial charge >= 0.3 is 0 Å². The first-order chi connectivity index (χ1) is 8.80. The molecule has 0 atom stereocenters. The van der Waals surface area contributed by atoms with Crippen molar-refractivity contribution in [2.24, 2.45) is 0 Å².